The predicted octanol–water partition coefficient (Wildman–Crippen LogP) is 6.26. The van der Waals surface area contributed by atoms with Crippen LogP contribution in [0.3, 0.4) is 0 Å². The smallest absolute Gasteiger partial charge is 0.418 e. The molecule has 1 aromatic heterocycles. The molecule has 0 atom stereocenters. The Morgan fingerprint density at radius 2 is 1.68 bits per heavy atom. The number of hydrogen-bond acceptors (Lipinski definition) is 7. The van der Waals surface area contributed by atoms with Crippen LogP contribution in [0.25, 0.3) is 0 Å². The summed E-state index contributed by atoms with van der Waals surface area (Å²) in [6, 6.07) is 11.3. The first-order chi connectivity index (χ1) is 19.2. The number of halogens is 3. The highest BCUT2D eigenvalue weighted by atomic mass is 19.4. The van der Waals surface area contributed by atoms with Gasteiger partial charge in [0.2, 0.25) is 5.88 Å². The van der Waals surface area contributed by atoms with Crippen molar-refractivity contribution in [3.63, 3.8) is 0 Å². The number of nitrogens with zero attached hydrogens (tertiary/aromatic N) is 3. The molecule has 4 N–H and O–H groups in total. The van der Waals surface area contributed by atoms with E-state index in [1.54, 1.807) is 30.3 Å². The molecule has 1 aliphatic carbocycles. The molecule has 3 aromatic rings. The number of urea groups is 1. The van der Waals surface area contributed by atoms with Gasteiger partial charge in [0, 0.05) is 35.7 Å². The Balaban J connectivity index is 1.16. The third-order valence-corrected chi connectivity index (χ3v) is 6.91. The van der Waals surface area contributed by atoms with Crippen LogP contribution in [0.1, 0.15) is 31.2 Å². The Labute approximate surface area is 230 Å². The molecule has 40 heavy (non-hydrogen) atoms. The van der Waals surface area contributed by atoms with Crippen molar-refractivity contribution in [3.05, 3.63) is 60.4 Å². The molecule has 1 saturated heterocycles. The van der Waals surface area contributed by atoms with Crippen molar-refractivity contribution in [1.29, 1.82) is 0 Å². The summed E-state index contributed by atoms with van der Waals surface area (Å²) in [7, 11) is 1.99. The number of aromatic nitrogens is 2. The van der Waals surface area contributed by atoms with E-state index in [9.17, 15) is 18.0 Å². The number of nitrogens with one attached hydrogen (secondary N) is 4. The van der Waals surface area contributed by atoms with Gasteiger partial charge >= 0.3 is 12.2 Å². The van der Waals surface area contributed by atoms with Crippen LogP contribution in [0.2, 0.25) is 0 Å². The lowest BCUT2D eigenvalue weighted by Crippen LogP contribution is -2.37. The van der Waals surface area contributed by atoms with Crippen molar-refractivity contribution in [2.45, 2.75) is 37.9 Å². The topological polar surface area (TPSA) is 103 Å². The number of amides is 2. The van der Waals surface area contributed by atoms with Crippen LogP contribution in [0, 0.1) is 5.92 Å². The Kier molecular flexibility index (Phi) is 8.24. The standard InChI is InChI=1S/C28H32F3N7O2/c1-38-12-10-20(11-13-38)35-24-9-6-21(14-23(24)28(29,30)31)37-27(39)36-19-4-7-22(8-5-19)40-26-15-25(33-17-34-26)32-16-18-2-3-18/h4-9,14-15,17-18,20,35H,2-3,10-13,16H2,1H3,(H,32,33,34)(H2,36,37,39). The zero-order valence-electron chi connectivity index (χ0n) is 22.1. The molecule has 0 radical (unpaired) electrons. The van der Waals surface area contributed by atoms with E-state index in [1.165, 1.54) is 31.3 Å². The molecular weight excluding hydrogens is 523 g/mol. The number of benzene rings is 2. The maximum atomic E-state index is 13.8. The minimum atomic E-state index is -4.57. The summed E-state index contributed by atoms with van der Waals surface area (Å²) >= 11 is 0. The summed E-state index contributed by atoms with van der Waals surface area (Å²) < 4.78 is 47.2. The summed E-state index contributed by atoms with van der Waals surface area (Å²) in [4.78, 5) is 23.0. The normalized spacial score (nSPS) is 16.3. The van der Waals surface area contributed by atoms with Crippen molar-refractivity contribution in [2.24, 2.45) is 5.92 Å². The van der Waals surface area contributed by atoms with Gasteiger partial charge in [0.1, 0.15) is 17.9 Å². The molecular formula is C28H32F3N7O2. The maximum absolute atomic E-state index is 13.8. The number of likely N-dealkylation sites (tertiary alicyclic amines) is 1. The molecule has 5 rings (SSSR count). The number of hydrogen-bond donors (Lipinski definition) is 4. The number of anilines is 4. The van der Waals surface area contributed by atoms with E-state index in [1.807, 2.05) is 7.05 Å². The Bertz CT molecular complexity index is 1310. The third kappa shape index (κ3) is 7.75. The van der Waals surface area contributed by atoms with Crippen LogP contribution < -0.4 is 26.0 Å². The molecule has 2 fully saturated rings. The molecule has 0 bridgehead atoms. The largest absolute Gasteiger partial charge is 0.439 e. The van der Waals surface area contributed by atoms with Crippen LogP contribution in [0.15, 0.2) is 54.9 Å². The highest BCUT2D eigenvalue weighted by Crippen LogP contribution is 2.37. The van der Waals surface area contributed by atoms with Gasteiger partial charge in [-0.05, 0) is 94.2 Å². The zero-order chi connectivity index (χ0) is 28.1. The fraction of sp³-hybridized carbons (Fsp3) is 0.393. The zero-order valence-corrected chi connectivity index (χ0v) is 22.1. The third-order valence-electron chi connectivity index (χ3n) is 6.91. The summed E-state index contributed by atoms with van der Waals surface area (Å²) in [5, 5.41) is 11.4. The number of piperidine rings is 1. The summed E-state index contributed by atoms with van der Waals surface area (Å²) in [6.45, 7) is 2.52. The fourth-order valence-electron chi connectivity index (χ4n) is 4.44. The Morgan fingerprint density at radius 3 is 2.38 bits per heavy atom. The van der Waals surface area contributed by atoms with Crippen LogP contribution in [-0.2, 0) is 6.18 Å². The van der Waals surface area contributed by atoms with Crippen molar-refractivity contribution >= 4 is 28.9 Å². The monoisotopic (exact) mass is 555 g/mol. The van der Waals surface area contributed by atoms with Crippen molar-refractivity contribution in [1.82, 2.24) is 14.9 Å². The summed E-state index contributed by atoms with van der Waals surface area (Å²) in [5.41, 5.74) is -0.330. The van der Waals surface area contributed by atoms with Gasteiger partial charge in [-0.15, -0.1) is 0 Å². The fourth-order valence-corrected chi connectivity index (χ4v) is 4.44. The number of ether oxygens (including phenoxy) is 1. The van der Waals surface area contributed by atoms with E-state index in [2.05, 4.69) is 36.1 Å². The average molecular weight is 556 g/mol. The van der Waals surface area contributed by atoms with E-state index in [0.29, 0.717) is 29.1 Å². The van der Waals surface area contributed by atoms with E-state index in [-0.39, 0.29) is 17.4 Å². The van der Waals surface area contributed by atoms with Gasteiger partial charge in [0.25, 0.3) is 0 Å². The number of carbonyl (C=O) groups excluding carboxylic acids is 1. The molecule has 0 unspecified atom stereocenters. The molecule has 212 valence electrons. The van der Waals surface area contributed by atoms with Gasteiger partial charge < -0.3 is 30.9 Å². The lowest BCUT2D eigenvalue weighted by atomic mass is 10.0. The van der Waals surface area contributed by atoms with Gasteiger partial charge in [0.05, 0.1) is 5.56 Å². The second-order valence-electron chi connectivity index (χ2n) is 10.3. The molecule has 2 aliphatic rings. The molecule has 0 spiro atoms. The molecule has 2 amide bonds. The second-order valence-corrected chi connectivity index (χ2v) is 10.3. The van der Waals surface area contributed by atoms with Crippen molar-refractivity contribution in [3.8, 4) is 11.6 Å². The molecule has 1 saturated carbocycles. The highest BCUT2D eigenvalue weighted by Gasteiger charge is 2.34. The van der Waals surface area contributed by atoms with E-state index in [4.69, 9.17) is 4.74 Å². The predicted molar refractivity (Wildman–Crippen MR) is 148 cm³/mol. The summed E-state index contributed by atoms with van der Waals surface area (Å²) in [5.74, 6) is 2.26. The van der Waals surface area contributed by atoms with Crippen LogP contribution in [-0.4, -0.2) is 53.6 Å². The average Bonchev–Trinajstić information content (AvgIpc) is 3.75. The highest BCUT2D eigenvalue weighted by molar-refractivity contribution is 6.00. The molecule has 1 aliphatic heterocycles. The number of alkyl halides is 3. The second kappa shape index (κ2) is 12.0. The Hall–Kier alpha value is -4.06. The lowest BCUT2D eigenvalue weighted by molar-refractivity contribution is -0.136. The quantitative estimate of drug-likeness (QED) is 0.247. The van der Waals surface area contributed by atoms with E-state index in [0.717, 1.165) is 38.5 Å². The molecule has 2 heterocycles. The summed E-state index contributed by atoms with van der Waals surface area (Å²) in [6.07, 6.45) is 0.838. The van der Waals surface area contributed by atoms with Gasteiger partial charge in [-0.1, -0.05) is 0 Å². The van der Waals surface area contributed by atoms with Crippen molar-refractivity contribution < 1.29 is 22.7 Å². The molecule has 12 heteroatoms. The minimum absolute atomic E-state index is 0.0121. The maximum Gasteiger partial charge on any atom is 0.418 e. The number of rotatable bonds is 9. The first-order valence-corrected chi connectivity index (χ1v) is 13.3. The Morgan fingerprint density at radius 1 is 0.975 bits per heavy atom. The van der Waals surface area contributed by atoms with Crippen LogP contribution >= 0.6 is 0 Å². The van der Waals surface area contributed by atoms with Crippen molar-refractivity contribution in [2.75, 3.05) is 47.9 Å². The first-order valence-electron chi connectivity index (χ1n) is 13.3. The van der Waals surface area contributed by atoms with Gasteiger partial charge in [-0.2, -0.15) is 13.2 Å². The SMILES string of the molecule is CN1CCC(Nc2ccc(NC(=O)Nc3ccc(Oc4cc(NCC5CC5)ncn4)cc3)cc2C(F)(F)F)CC1. The van der Waals surface area contributed by atoms with Crippen LogP contribution in [0.4, 0.5) is 40.8 Å². The molecule has 9 nitrogen and oxygen atoms in total. The van der Waals surface area contributed by atoms with Gasteiger partial charge in [-0.25, -0.2) is 14.8 Å². The van der Waals surface area contributed by atoms with Gasteiger partial charge in [-0.3, -0.25) is 0 Å². The molecule has 2 aromatic carbocycles. The van der Waals surface area contributed by atoms with Gasteiger partial charge in [0.15, 0.2) is 0 Å². The van der Waals surface area contributed by atoms with Crippen LogP contribution in [0.5, 0.6) is 11.6 Å². The minimum Gasteiger partial charge on any atom is -0.439 e. The number of carbonyl (C=O) groups is 1. The van der Waals surface area contributed by atoms with E-state index >= 15 is 0 Å². The first kappa shape index (κ1) is 27.5. The van der Waals surface area contributed by atoms with E-state index < -0.39 is 17.8 Å². The lowest BCUT2D eigenvalue weighted by Gasteiger charge is -2.31.